The Bertz CT molecular complexity index is 1100. The molecule has 0 heterocycles. The molecule has 4 N–H and O–H groups in total. The van der Waals surface area contributed by atoms with Gasteiger partial charge in [-0.1, -0.05) is 39.5 Å². The molecule has 6 rings (SSSR count). The van der Waals surface area contributed by atoms with Crippen LogP contribution in [0.4, 0.5) is 0 Å². The number of amides is 1. The van der Waals surface area contributed by atoms with Crippen molar-refractivity contribution < 1.29 is 39.2 Å². The number of carboxylic acids is 1. The molecular formula is C43H74N2O8. The van der Waals surface area contributed by atoms with Gasteiger partial charge in [0.05, 0.1) is 49.5 Å². The number of carboxylic acid groups (broad SMARTS) is 1. The molecule has 0 spiro atoms. The number of nitrogens with one attached hydrogen (secondary N) is 2. The summed E-state index contributed by atoms with van der Waals surface area (Å²) in [5.41, 5.74) is 3.70. The highest BCUT2D eigenvalue weighted by Crippen LogP contribution is 2.49. The number of hydrogen-bond acceptors (Lipinski definition) is 8. The van der Waals surface area contributed by atoms with Crippen LogP contribution in [0.1, 0.15) is 168 Å². The van der Waals surface area contributed by atoms with E-state index in [1.165, 1.54) is 51.4 Å². The summed E-state index contributed by atoms with van der Waals surface area (Å²) in [4.78, 5) is 35.1. The summed E-state index contributed by atoms with van der Waals surface area (Å²) in [6, 6.07) is 0.549. The zero-order valence-electron chi connectivity index (χ0n) is 33.2. The van der Waals surface area contributed by atoms with Crippen molar-refractivity contribution in [1.29, 1.82) is 0 Å². The van der Waals surface area contributed by atoms with Gasteiger partial charge in [0.2, 0.25) is 5.91 Å². The smallest absolute Gasteiger partial charge is 0.307 e. The molecule has 0 aromatic heterocycles. The van der Waals surface area contributed by atoms with Gasteiger partial charge in [0.1, 0.15) is 0 Å². The largest absolute Gasteiger partial charge is 0.481 e. The molecule has 6 aliphatic carbocycles. The summed E-state index contributed by atoms with van der Waals surface area (Å²) in [6.45, 7) is 6.20. The second-order valence-electron chi connectivity index (χ2n) is 18.9. The highest BCUT2D eigenvalue weighted by atomic mass is 17.1. The monoisotopic (exact) mass is 747 g/mol. The van der Waals surface area contributed by atoms with Gasteiger partial charge < -0.3 is 24.7 Å². The van der Waals surface area contributed by atoms with E-state index in [9.17, 15) is 14.7 Å². The highest BCUT2D eigenvalue weighted by Gasteiger charge is 2.42. The summed E-state index contributed by atoms with van der Waals surface area (Å²) in [5.74, 6) is 0.601. The second kappa shape index (κ2) is 20.2. The van der Waals surface area contributed by atoms with E-state index in [-0.39, 0.29) is 24.0 Å². The number of rotatable bonds is 15. The minimum Gasteiger partial charge on any atom is -0.481 e. The lowest BCUT2D eigenvalue weighted by Crippen LogP contribution is -2.46. The van der Waals surface area contributed by atoms with Crippen LogP contribution in [0.3, 0.4) is 0 Å². The Balaban J connectivity index is 0.822. The molecular weight excluding hydrogens is 672 g/mol. The van der Waals surface area contributed by atoms with Gasteiger partial charge in [0.15, 0.2) is 0 Å². The van der Waals surface area contributed by atoms with Crippen molar-refractivity contribution in [2.45, 2.75) is 204 Å². The summed E-state index contributed by atoms with van der Waals surface area (Å²) in [6.07, 6.45) is 27.3. The van der Waals surface area contributed by atoms with Gasteiger partial charge in [-0.25, -0.2) is 4.89 Å². The van der Waals surface area contributed by atoms with Crippen LogP contribution in [0, 0.1) is 40.9 Å². The van der Waals surface area contributed by atoms with E-state index in [0.29, 0.717) is 67.7 Å². The maximum Gasteiger partial charge on any atom is 0.307 e. The van der Waals surface area contributed by atoms with Crippen molar-refractivity contribution in [2.75, 3.05) is 13.2 Å². The van der Waals surface area contributed by atoms with Gasteiger partial charge in [-0.3, -0.25) is 14.8 Å². The van der Waals surface area contributed by atoms with Crippen molar-refractivity contribution in [3.63, 3.8) is 0 Å². The molecule has 0 bridgehead atoms. The topological polar surface area (TPSA) is 136 Å². The quantitative estimate of drug-likeness (QED) is 0.0960. The third-order valence-electron chi connectivity index (χ3n) is 15.2. The van der Waals surface area contributed by atoms with Crippen LogP contribution in [-0.4, -0.2) is 72.0 Å². The Morgan fingerprint density at radius 3 is 1.49 bits per heavy atom. The van der Waals surface area contributed by atoms with Gasteiger partial charge in [0, 0.05) is 12.1 Å². The van der Waals surface area contributed by atoms with Gasteiger partial charge in [-0.05, 0) is 158 Å². The van der Waals surface area contributed by atoms with Crippen molar-refractivity contribution in [3.8, 4) is 0 Å². The lowest BCUT2D eigenvalue weighted by Gasteiger charge is -2.47. The number of hydroxylamine groups is 1. The predicted octanol–water partition coefficient (Wildman–Crippen LogP) is 8.61. The van der Waals surface area contributed by atoms with Crippen molar-refractivity contribution in [1.82, 2.24) is 10.8 Å². The molecule has 6 saturated carbocycles. The first-order valence-corrected chi connectivity index (χ1v) is 22.2. The van der Waals surface area contributed by atoms with Gasteiger partial charge in [0.25, 0.3) is 0 Å². The lowest BCUT2D eigenvalue weighted by atomic mass is 9.60. The standard InChI is InChI=1S/C43H74N2O8/c1-43(2,31-11-19-35(20-12-31)52-37-23-15-33(16-24-37)44-41(46)39-9-5-6-10-40(39)42(47)48)32-13-21-36(22-14-32)53-38-25-17-34(18-26-38)45-50-27-29-7-3-4-8-30(29)28-51-49/h29-40,45,49H,3-28H2,1-2H3,(H,44,46)(H,47,48). The Kier molecular flexibility index (Phi) is 15.8. The number of aliphatic carboxylic acids is 1. The first-order valence-electron chi connectivity index (χ1n) is 22.2. The van der Waals surface area contributed by atoms with Crippen LogP contribution in [-0.2, 0) is 28.8 Å². The highest BCUT2D eigenvalue weighted by molar-refractivity contribution is 5.85. The summed E-state index contributed by atoms with van der Waals surface area (Å²) < 4.78 is 13.4. The molecule has 4 unspecified atom stereocenters. The lowest BCUT2D eigenvalue weighted by molar-refractivity contribution is -0.256. The number of carbonyl (C=O) groups is 2. The Morgan fingerprint density at radius 2 is 1.00 bits per heavy atom. The zero-order valence-corrected chi connectivity index (χ0v) is 33.2. The number of ether oxygens (including phenoxy) is 2. The number of carbonyl (C=O) groups excluding carboxylic acids is 1. The second-order valence-corrected chi connectivity index (χ2v) is 18.9. The van der Waals surface area contributed by atoms with Crippen molar-refractivity contribution >= 4 is 11.9 Å². The van der Waals surface area contributed by atoms with E-state index in [1.807, 2.05) is 0 Å². The van der Waals surface area contributed by atoms with E-state index in [1.54, 1.807) is 0 Å². The number of hydrogen-bond donors (Lipinski definition) is 4. The molecule has 10 nitrogen and oxygen atoms in total. The molecule has 0 aromatic rings. The molecule has 0 aliphatic heterocycles. The van der Waals surface area contributed by atoms with Crippen LogP contribution >= 0.6 is 0 Å². The van der Waals surface area contributed by atoms with Gasteiger partial charge in [-0.2, -0.15) is 5.48 Å². The molecule has 4 atom stereocenters. The Hall–Kier alpha value is -1.30. The molecule has 1 amide bonds. The molecule has 10 heteroatoms. The fraction of sp³-hybridized carbons (Fsp3) is 0.953. The Morgan fingerprint density at radius 1 is 0.566 bits per heavy atom. The maximum absolute atomic E-state index is 13.0. The van der Waals surface area contributed by atoms with Crippen molar-refractivity contribution in [3.05, 3.63) is 0 Å². The van der Waals surface area contributed by atoms with Gasteiger partial charge in [-0.15, -0.1) is 0 Å². The zero-order chi connectivity index (χ0) is 37.2. The Labute approximate surface area is 319 Å². The van der Waals surface area contributed by atoms with Crippen molar-refractivity contribution in [2.24, 2.45) is 40.9 Å². The maximum atomic E-state index is 13.0. The average Bonchev–Trinajstić information content (AvgIpc) is 3.17. The predicted molar refractivity (Wildman–Crippen MR) is 204 cm³/mol. The van der Waals surface area contributed by atoms with E-state index in [0.717, 1.165) is 102 Å². The van der Waals surface area contributed by atoms with E-state index in [4.69, 9.17) is 19.6 Å². The van der Waals surface area contributed by atoms with E-state index in [2.05, 4.69) is 29.5 Å². The van der Waals surface area contributed by atoms with Crippen LogP contribution in [0.2, 0.25) is 0 Å². The summed E-state index contributed by atoms with van der Waals surface area (Å²) in [5, 5.41) is 21.7. The first kappa shape index (κ1) is 41.3. The molecule has 0 aromatic carbocycles. The van der Waals surface area contributed by atoms with Crippen LogP contribution in [0.15, 0.2) is 0 Å². The van der Waals surface area contributed by atoms with E-state index >= 15 is 0 Å². The summed E-state index contributed by atoms with van der Waals surface area (Å²) in [7, 11) is 0. The average molecular weight is 747 g/mol. The van der Waals surface area contributed by atoms with Crippen LogP contribution in [0.25, 0.3) is 0 Å². The molecule has 0 saturated heterocycles. The third-order valence-corrected chi connectivity index (χ3v) is 15.2. The minimum absolute atomic E-state index is 0.0444. The fourth-order valence-electron chi connectivity index (χ4n) is 11.6. The molecule has 304 valence electrons. The van der Waals surface area contributed by atoms with E-state index < -0.39 is 11.9 Å². The first-order chi connectivity index (χ1) is 25.7. The minimum atomic E-state index is -0.821. The van der Waals surface area contributed by atoms with Gasteiger partial charge >= 0.3 is 5.97 Å². The third kappa shape index (κ3) is 11.6. The SMILES string of the molecule is CC(C)(C1CCC(OC2CCC(NOCC3CCCCC3COO)CC2)CC1)C1CCC(OC2CCC(NC(=O)C3CCCCC3C(=O)O)CC2)CC1. The van der Waals surface area contributed by atoms with Crippen LogP contribution < -0.4 is 10.8 Å². The summed E-state index contributed by atoms with van der Waals surface area (Å²) >= 11 is 0. The molecule has 6 aliphatic rings. The fourth-order valence-corrected chi connectivity index (χ4v) is 11.6. The van der Waals surface area contributed by atoms with Crippen LogP contribution in [0.5, 0.6) is 0 Å². The molecule has 6 fully saturated rings. The molecule has 0 radical (unpaired) electrons. The normalized spacial score (nSPS) is 38.9. The molecule has 53 heavy (non-hydrogen) atoms.